The number of carbonyl (C=O) groups is 2. The fraction of sp³-hybridized carbons (Fsp3) is 0.130. The smallest absolute Gasteiger partial charge is 0.258 e. The van der Waals surface area contributed by atoms with Gasteiger partial charge in [0.15, 0.2) is 0 Å². The Morgan fingerprint density at radius 3 is 2.50 bits per heavy atom. The van der Waals surface area contributed by atoms with Crippen molar-refractivity contribution in [1.29, 1.82) is 0 Å². The van der Waals surface area contributed by atoms with Crippen LogP contribution in [0.3, 0.4) is 0 Å². The molecule has 1 aliphatic rings. The highest BCUT2D eigenvalue weighted by atomic mass is 35.5. The molecule has 2 amide bonds. The van der Waals surface area contributed by atoms with Gasteiger partial charge in [0.1, 0.15) is 0 Å². The van der Waals surface area contributed by atoms with Gasteiger partial charge in [-0.25, -0.2) is 0 Å². The molecule has 1 N–H and O–H groups in total. The molecule has 3 aromatic carbocycles. The lowest BCUT2D eigenvalue weighted by Gasteiger charge is -2.18. The van der Waals surface area contributed by atoms with Gasteiger partial charge in [-0.2, -0.15) is 0 Å². The lowest BCUT2D eigenvalue weighted by atomic mass is 10.1. The molecule has 0 unspecified atom stereocenters. The van der Waals surface area contributed by atoms with Crippen molar-refractivity contribution in [3.63, 3.8) is 0 Å². The number of nitrogens with one attached hydrogen (secondary N) is 1. The summed E-state index contributed by atoms with van der Waals surface area (Å²) in [6.45, 7) is 1.03. The number of rotatable bonds is 4. The Bertz CT molecular complexity index is 1030. The predicted molar refractivity (Wildman–Crippen MR) is 111 cm³/mol. The van der Waals surface area contributed by atoms with E-state index in [1.54, 1.807) is 24.3 Å². The summed E-state index contributed by atoms with van der Waals surface area (Å²) in [5.74, 6) is -0.222. The second-order valence-electron chi connectivity index (χ2n) is 6.70. The van der Waals surface area contributed by atoms with Gasteiger partial charge in [-0.3, -0.25) is 9.59 Å². The first kappa shape index (κ1) is 18.3. The van der Waals surface area contributed by atoms with Crippen molar-refractivity contribution in [2.45, 2.75) is 13.0 Å². The Morgan fingerprint density at radius 1 is 0.964 bits per heavy atom. The van der Waals surface area contributed by atoms with E-state index < -0.39 is 0 Å². The largest absolute Gasteiger partial charge is 0.348 e. The van der Waals surface area contributed by atoms with Gasteiger partial charge in [0, 0.05) is 24.3 Å². The van der Waals surface area contributed by atoms with Crippen LogP contribution in [0.4, 0.5) is 5.69 Å². The van der Waals surface area contributed by atoms with Crippen LogP contribution < -0.4 is 10.2 Å². The molecule has 0 atom stereocenters. The van der Waals surface area contributed by atoms with Crippen LogP contribution in [-0.2, 0) is 13.0 Å². The molecule has 0 spiro atoms. The molecule has 5 heteroatoms. The van der Waals surface area contributed by atoms with Crippen LogP contribution in [0.5, 0.6) is 0 Å². The molecule has 4 nitrogen and oxygen atoms in total. The molecule has 1 aliphatic heterocycles. The summed E-state index contributed by atoms with van der Waals surface area (Å²) >= 11 is 6.08. The Labute approximate surface area is 168 Å². The molecule has 0 aliphatic carbocycles. The average Bonchev–Trinajstić information content (AvgIpc) is 3.15. The third-order valence-electron chi connectivity index (χ3n) is 4.88. The highest BCUT2D eigenvalue weighted by molar-refractivity contribution is 6.33. The van der Waals surface area contributed by atoms with E-state index in [2.05, 4.69) is 5.32 Å². The van der Waals surface area contributed by atoms with Gasteiger partial charge < -0.3 is 10.2 Å². The van der Waals surface area contributed by atoms with Gasteiger partial charge >= 0.3 is 0 Å². The quantitative estimate of drug-likeness (QED) is 0.714. The van der Waals surface area contributed by atoms with Crippen molar-refractivity contribution in [3.8, 4) is 0 Å². The normalized spacial score (nSPS) is 12.5. The first-order valence-corrected chi connectivity index (χ1v) is 9.53. The van der Waals surface area contributed by atoms with Crippen LogP contribution >= 0.6 is 11.6 Å². The molecule has 0 fully saturated rings. The number of benzene rings is 3. The molecule has 0 saturated heterocycles. The minimum atomic E-state index is -0.219. The number of nitrogens with zero attached hydrogens (tertiary/aromatic N) is 1. The lowest BCUT2D eigenvalue weighted by Crippen LogP contribution is -2.29. The number of fused-ring (bicyclic) bond motifs is 1. The Morgan fingerprint density at radius 2 is 1.71 bits per heavy atom. The number of amides is 2. The van der Waals surface area contributed by atoms with Crippen molar-refractivity contribution in [2.24, 2.45) is 0 Å². The van der Waals surface area contributed by atoms with E-state index in [0.29, 0.717) is 29.2 Å². The van der Waals surface area contributed by atoms with Crippen LogP contribution in [0.25, 0.3) is 0 Å². The molecule has 3 aromatic rings. The summed E-state index contributed by atoms with van der Waals surface area (Å²) in [5, 5.41) is 3.32. The zero-order chi connectivity index (χ0) is 19.5. The van der Waals surface area contributed by atoms with Crippen molar-refractivity contribution in [3.05, 3.63) is 100 Å². The number of hydrogen-bond acceptors (Lipinski definition) is 2. The van der Waals surface area contributed by atoms with Crippen LogP contribution in [-0.4, -0.2) is 18.4 Å². The van der Waals surface area contributed by atoms with Gasteiger partial charge in [-0.05, 0) is 47.9 Å². The minimum Gasteiger partial charge on any atom is -0.348 e. The maximum atomic E-state index is 12.9. The Kier molecular flexibility index (Phi) is 5.13. The third kappa shape index (κ3) is 3.64. The highest BCUT2D eigenvalue weighted by Gasteiger charge is 2.25. The molecule has 0 aromatic heterocycles. The van der Waals surface area contributed by atoms with Gasteiger partial charge in [-0.15, -0.1) is 0 Å². The fourth-order valence-corrected chi connectivity index (χ4v) is 3.63. The zero-order valence-corrected chi connectivity index (χ0v) is 15.9. The van der Waals surface area contributed by atoms with E-state index >= 15 is 0 Å². The molecule has 4 rings (SSSR count). The second kappa shape index (κ2) is 7.87. The molecular weight excluding hydrogens is 372 g/mol. The van der Waals surface area contributed by atoms with E-state index in [9.17, 15) is 9.59 Å². The van der Waals surface area contributed by atoms with Crippen molar-refractivity contribution < 1.29 is 9.59 Å². The summed E-state index contributed by atoms with van der Waals surface area (Å²) < 4.78 is 0. The van der Waals surface area contributed by atoms with E-state index in [1.807, 2.05) is 53.4 Å². The van der Waals surface area contributed by atoms with E-state index in [1.165, 1.54) is 0 Å². The van der Waals surface area contributed by atoms with Crippen molar-refractivity contribution >= 4 is 29.1 Å². The van der Waals surface area contributed by atoms with Crippen LogP contribution in [0, 0.1) is 0 Å². The van der Waals surface area contributed by atoms with E-state index in [4.69, 9.17) is 11.6 Å². The Balaban J connectivity index is 1.50. The number of hydrogen-bond donors (Lipinski definition) is 1. The molecular formula is C23H19ClN2O2. The first-order chi connectivity index (χ1) is 13.6. The molecule has 140 valence electrons. The monoisotopic (exact) mass is 390 g/mol. The molecule has 1 heterocycles. The highest BCUT2D eigenvalue weighted by Crippen LogP contribution is 2.30. The molecule has 28 heavy (non-hydrogen) atoms. The van der Waals surface area contributed by atoms with Gasteiger partial charge in [0.05, 0.1) is 10.6 Å². The zero-order valence-electron chi connectivity index (χ0n) is 15.2. The van der Waals surface area contributed by atoms with Gasteiger partial charge in [0.2, 0.25) is 0 Å². The summed E-state index contributed by atoms with van der Waals surface area (Å²) in [7, 11) is 0. The standard InChI is InChI=1S/C23H19ClN2O2/c24-20-9-5-4-8-19(20)22(27)25-15-16-10-11-17-12-13-26(21(17)14-16)23(28)18-6-2-1-3-7-18/h1-11,14H,12-13,15H2,(H,25,27). The van der Waals surface area contributed by atoms with Crippen LogP contribution in [0.1, 0.15) is 31.8 Å². The molecule has 0 saturated carbocycles. The van der Waals surface area contributed by atoms with Crippen molar-refractivity contribution in [2.75, 3.05) is 11.4 Å². The summed E-state index contributed by atoms with van der Waals surface area (Å²) in [5.41, 5.74) is 4.12. The van der Waals surface area contributed by atoms with E-state index in [-0.39, 0.29) is 11.8 Å². The fourth-order valence-electron chi connectivity index (χ4n) is 3.41. The summed E-state index contributed by atoms with van der Waals surface area (Å²) in [4.78, 5) is 27.0. The van der Waals surface area contributed by atoms with Crippen LogP contribution in [0.15, 0.2) is 72.8 Å². The van der Waals surface area contributed by atoms with Crippen molar-refractivity contribution in [1.82, 2.24) is 5.32 Å². The summed E-state index contributed by atoms with van der Waals surface area (Å²) in [6, 6.07) is 22.2. The average molecular weight is 391 g/mol. The number of halogens is 1. The summed E-state index contributed by atoms with van der Waals surface area (Å²) in [6.07, 6.45) is 0.834. The lowest BCUT2D eigenvalue weighted by molar-refractivity contribution is 0.0949. The minimum absolute atomic E-state index is 0.00315. The SMILES string of the molecule is O=C(NCc1ccc2c(c1)N(C(=O)c1ccccc1)CC2)c1ccccc1Cl. The predicted octanol–water partition coefficient (Wildman–Crippen LogP) is 4.47. The second-order valence-corrected chi connectivity index (χ2v) is 7.11. The number of anilines is 1. The topological polar surface area (TPSA) is 49.4 Å². The van der Waals surface area contributed by atoms with Crippen LogP contribution in [0.2, 0.25) is 5.02 Å². The van der Waals surface area contributed by atoms with Gasteiger partial charge in [-0.1, -0.05) is 54.1 Å². The van der Waals surface area contributed by atoms with E-state index in [0.717, 1.165) is 23.2 Å². The Hall–Kier alpha value is -3.11. The first-order valence-electron chi connectivity index (χ1n) is 9.15. The molecule has 0 bridgehead atoms. The third-order valence-corrected chi connectivity index (χ3v) is 5.21. The molecule has 0 radical (unpaired) electrons. The number of carbonyl (C=O) groups excluding carboxylic acids is 2. The van der Waals surface area contributed by atoms with Gasteiger partial charge in [0.25, 0.3) is 11.8 Å². The maximum Gasteiger partial charge on any atom is 0.258 e. The maximum absolute atomic E-state index is 12.9.